The zero-order chi connectivity index (χ0) is 10.5. The van der Waals surface area contributed by atoms with Crippen LogP contribution in [0.2, 0.25) is 0 Å². The van der Waals surface area contributed by atoms with Crippen LogP contribution in [0.1, 0.15) is 17.0 Å². The van der Waals surface area contributed by atoms with E-state index in [-0.39, 0.29) is 0 Å². The van der Waals surface area contributed by atoms with Crippen molar-refractivity contribution in [3.8, 4) is 0 Å². The van der Waals surface area contributed by atoms with Gasteiger partial charge in [0.15, 0.2) is 0 Å². The third-order valence-electron chi connectivity index (χ3n) is 2.46. The van der Waals surface area contributed by atoms with E-state index in [4.69, 9.17) is 0 Å². The molecule has 0 saturated carbocycles. The van der Waals surface area contributed by atoms with Crippen LogP contribution in [0.4, 0.5) is 0 Å². The first-order chi connectivity index (χ1) is 7.34. The molecule has 0 fully saturated rings. The highest BCUT2D eigenvalue weighted by Gasteiger charge is 1.96. The summed E-state index contributed by atoms with van der Waals surface area (Å²) < 4.78 is 0. The van der Waals surface area contributed by atoms with Gasteiger partial charge in [-0.05, 0) is 37.5 Å². The molecule has 0 aliphatic heterocycles. The second-order valence-corrected chi connectivity index (χ2v) is 3.76. The second-order valence-electron chi connectivity index (χ2n) is 3.76. The van der Waals surface area contributed by atoms with Gasteiger partial charge in [0, 0.05) is 11.4 Å². The Hall–Kier alpha value is -1.63. The fourth-order valence-corrected chi connectivity index (χ4v) is 1.66. The van der Waals surface area contributed by atoms with Crippen molar-refractivity contribution in [1.82, 2.24) is 4.98 Å². The van der Waals surface area contributed by atoms with E-state index in [0.717, 1.165) is 18.5 Å². The minimum absolute atomic E-state index is 1.02. The van der Waals surface area contributed by atoms with Gasteiger partial charge in [-0.2, -0.15) is 0 Å². The van der Waals surface area contributed by atoms with Crippen molar-refractivity contribution in [2.75, 3.05) is 0 Å². The van der Waals surface area contributed by atoms with E-state index in [2.05, 4.69) is 47.4 Å². The van der Waals surface area contributed by atoms with Crippen molar-refractivity contribution in [2.45, 2.75) is 19.8 Å². The van der Waals surface area contributed by atoms with Gasteiger partial charge in [-0.25, -0.2) is 0 Å². The van der Waals surface area contributed by atoms with Crippen LogP contribution in [-0.4, -0.2) is 4.98 Å². The summed E-state index contributed by atoms with van der Waals surface area (Å²) in [5.41, 5.74) is 3.65. The lowest BCUT2D eigenvalue weighted by atomic mass is 10.1. The molecular formula is C14H15N. The quantitative estimate of drug-likeness (QED) is 0.736. The van der Waals surface area contributed by atoms with Gasteiger partial charge in [0.25, 0.3) is 0 Å². The largest absolute Gasteiger partial charge is 0.258 e. The predicted molar refractivity (Wildman–Crippen MR) is 62.8 cm³/mol. The predicted octanol–water partition coefficient (Wildman–Crippen LogP) is 3.18. The number of hydrogen-bond acceptors (Lipinski definition) is 1. The molecule has 0 amide bonds. The average molecular weight is 197 g/mol. The fraction of sp³-hybridized carbons (Fsp3) is 0.214. The molecule has 2 rings (SSSR count). The van der Waals surface area contributed by atoms with Crippen LogP contribution in [0.15, 0.2) is 48.5 Å². The summed E-state index contributed by atoms with van der Waals surface area (Å²) in [5.74, 6) is 0. The lowest BCUT2D eigenvalue weighted by molar-refractivity contribution is 0.903. The van der Waals surface area contributed by atoms with Crippen LogP contribution < -0.4 is 0 Å². The van der Waals surface area contributed by atoms with Crippen LogP contribution in [0.5, 0.6) is 0 Å². The molecule has 76 valence electrons. The lowest BCUT2D eigenvalue weighted by Gasteiger charge is -2.02. The molecule has 15 heavy (non-hydrogen) atoms. The van der Waals surface area contributed by atoms with Crippen molar-refractivity contribution in [3.63, 3.8) is 0 Å². The molecule has 1 aromatic heterocycles. The molecular weight excluding hydrogens is 182 g/mol. The van der Waals surface area contributed by atoms with E-state index < -0.39 is 0 Å². The number of aromatic nitrogens is 1. The summed E-state index contributed by atoms with van der Waals surface area (Å²) >= 11 is 0. The smallest absolute Gasteiger partial charge is 0.0410 e. The summed E-state index contributed by atoms with van der Waals surface area (Å²) in [7, 11) is 0. The van der Waals surface area contributed by atoms with Crippen molar-refractivity contribution < 1.29 is 0 Å². The molecule has 1 nitrogen and oxygen atoms in total. The summed E-state index contributed by atoms with van der Waals surface area (Å²) in [6.45, 7) is 2.03. The highest BCUT2D eigenvalue weighted by molar-refractivity contribution is 5.17. The summed E-state index contributed by atoms with van der Waals surface area (Å²) in [6.07, 6.45) is 2.09. The SMILES string of the molecule is Cc1cccc(CCc2ccccc2)n1. The van der Waals surface area contributed by atoms with Crippen molar-refractivity contribution >= 4 is 0 Å². The maximum absolute atomic E-state index is 4.49. The Kier molecular flexibility index (Phi) is 3.13. The monoisotopic (exact) mass is 197 g/mol. The molecule has 0 atom stereocenters. The van der Waals surface area contributed by atoms with E-state index in [1.165, 1.54) is 11.3 Å². The van der Waals surface area contributed by atoms with Crippen LogP contribution in [0.3, 0.4) is 0 Å². The number of aryl methyl sites for hydroxylation is 3. The highest BCUT2D eigenvalue weighted by atomic mass is 14.7. The van der Waals surface area contributed by atoms with Gasteiger partial charge in [0.2, 0.25) is 0 Å². The first kappa shape index (κ1) is 9.91. The van der Waals surface area contributed by atoms with E-state index >= 15 is 0 Å². The maximum atomic E-state index is 4.49. The van der Waals surface area contributed by atoms with Crippen molar-refractivity contribution in [3.05, 3.63) is 65.5 Å². The van der Waals surface area contributed by atoms with Gasteiger partial charge in [-0.1, -0.05) is 36.4 Å². The number of rotatable bonds is 3. The normalized spacial score (nSPS) is 10.2. The molecule has 1 heterocycles. The number of benzene rings is 1. The third-order valence-corrected chi connectivity index (χ3v) is 2.46. The highest BCUT2D eigenvalue weighted by Crippen LogP contribution is 2.05. The van der Waals surface area contributed by atoms with E-state index in [1.807, 2.05) is 13.0 Å². The molecule has 0 spiro atoms. The Morgan fingerprint density at radius 2 is 1.67 bits per heavy atom. The van der Waals surface area contributed by atoms with Gasteiger partial charge >= 0.3 is 0 Å². The molecule has 2 aromatic rings. The van der Waals surface area contributed by atoms with Crippen LogP contribution >= 0.6 is 0 Å². The Balaban J connectivity index is 1.99. The van der Waals surface area contributed by atoms with Gasteiger partial charge in [-0.15, -0.1) is 0 Å². The van der Waals surface area contributed by atoms with E-state index in [9.17, 15) is 0 Å². The topological polar surface area (TPSA) is 12.9 Å². The number of hydrogen-bond donors (Lipinski definition) is 0. The Morgan fingerprint density at radius 1 is 0.867 bits per heavy atom. The average Bonchev–Trinajstić information content (AvgIpc) is 2.28. The van der Waals surface area contributed by atoms with Gasteiger partial charge in [-0.3, -0.25) is 4.98 Å². The molecule has 0 bridgehead atoms. The van der Waals surface area contributed by atoms with Gasteiger partial charge < -0.3 is 0 Å². The zero-order valence-electron chi connectivity index (χ0n) is 8.98. The Bertz CT molecular complexity index is 420. The minimum atomic E-state index is 1.02. The number of nitrogens with zero attached hydrogens (tertiary/aromatic N) is 1. The Labute approximate surface area is 90.8 Å². The molecule has 0 aliphatic rings. The van der Waals surface area contributed by atoms with Gasteiger partial charge in [0.05, 0.1) is 0 Å². The minimum Gasteiger partial charge on any atom is -0.258 e. The third kappa shape index (κ3) is 2.91. The molecule has 1 aromatic carbocycles. The molecule has 0 unspecified atom stereocenters. The van der Waals surface area contributed by atoms with Crippen LogP contribution in [0.25, 0.3) is 0 Å². The standard InChI is InChI=1S/C14H15N/c1-12-6-5-9-14(15-12)11-10-13-7-3-2-4-8-13/h2-9H,10-11H2,1H3. The second kappa shape index (κ2) is 4.74. The lowest BCUT2D eigenvalue weighted by Crippen LogP contribution is -1.95. The maximum Gasteiger partial charge on any atom is 0.0410 e. The zero-order valence-corrected chi connectivity index (χ0v) is 8.98. The molecule has 1 heteroatoms. The molecule has 0 aliphatic carbocycles. The first-order valence-corrected chi connectivity index (χ1v) is 5.31. The Morgan fingerprint density at radius 3 is 2.40 bits per heavy atom. The summed E-state index contributed by atoms with van der Waals surface area (Å²) in [6, 6.07) is 16.7. The van der Waals surface area contributed by atoms with Crippen LogP contribution in [0, 0.1) is 6.92 Å². The molecule has 0 saturated heterocycles. The van der Waals surface area contributed by atoms with Crippen molar-refractivity contribution in [2.24, 2.45) is 0 Å². The van der Waals surface area contributed by atoms with Crippen molar-refractivity contribution in [1.29, 1.82) is 0 Å². The number of pyridine rings is 1. The van der Waals surface area contributed by atoms with E-state index in [0.29, 0.717) is 0 Å². The fourth-order valence-electron chi connectivity index (χ4n) is 1.66. The molecule has 0 radical (unpaired) electrons. The molecule has 0 N–H and O–H groups in total. The van der Waals surface area contributed by atoms with E-state index in [1.54, 1.807) is 0 Å². The summed E-state index contributed by atoms with van der Waals surface area (Å²) in [4.78, 5) is 4.49. The first-order valence-electron chi connectivity index (χ1n) is 5.31. The van der Waals surface area contributed by atoms with Crippen LogP contribution in [-0.2, 0) is 12.8 Å². The summed E-state index contributed by atoms with van der Waals surface area (Å²) in [5, 5.41) is 0. The van der Waals surface area contributed by atoms with Gasteiger partial charge in [0.1, 0.15) is 0 Å².